The van der Waals surface area contributed by atoms with Crippen molar-refractivity contribution < 1.29 is 13.2 Å². The summed E-state index contributed by atoms with van der Waals surface area (Å²) in [6, 6.07) is 7.15. The van der Waals surface area contributed by atoms with Crippen molar-refractivity contribution in [2.45, 2.75) is 0 Å². The van der Waals surface area contributed by atoms with Crippen LogP contribution in [0.4, 0.5) is 8.78 Å². The van der Waals surface area contributed by atoms with Crippen LogP contribution in [0.3, 0.4) is 0 Å². The van der Waals surface area contributed by atoms with Crippen LogP contribution < -0.4 is 0 Å². The van der Waals surface area contributed by atoms with Gasteiger partial charge in [0.1, 0.15) is 5.52 Å². The average molecular weight is 345 g/mol. The quantitative estimate of drug-likeness (QED) is 0.568. The molecule has 0 amide bonds. The minimum atomic E-state index is -1.01. The molecular formula is C13H5BrClF2NO. The lowest BCUT2D eigenvalue weighted by atomic mass is 10.2. The number of oxazole rings is 1. The van der Waals surface area contributed by atoms with Gasteiger partial charge in [-0.25, -0.2) is 13.8 Å². The zero-order valence-corrected chi connectivity index (χ0v) is 11.6. The van der Waals surface area contributed by atoms with Gasteiger partial charge in [-0.15, -0.1) is 0 Å². The fraction of sp³-hybridized carbons (Fsp3) is 0. The Morgan fingerprint density at radius 2 is 1.84 bits per heavy atom. The van der Waals surface area contributed by atoms with E-state index in [1.807, 2.05) is 0 Å². The summed E-state index contributed by atoms with van der Waals surface area (Å²) in [5.41, 5.74) is 1.36. The Morgan fingerprint density at radius 1 is 1.11 bits per heavy atom. The van der Waals surface area contributed by atoms with Crippen LogP contribution in [0, 0.1) is 11.6 Å². The van der Waals surface area contributed by atoms with Crippen molar-refractivity contribution in [1.29, 1.82) is 0 Å². The second kappa shape index (κ2) is 4.58. The predicted molar refractivity (Wildman–Crippen MR) is 72.1 cm³/mol. The fourth-order valence-electron chi connectivity index (χ4n) is 1.70. The Labute approximate surface area is 120 Å². The second-order valence-electron chi connectivity index (χ2n) is 3.88. The zero-order chi connectivity index (χ0) is 13.6. The minimum Gasteiger partial charge on any atom is -0.436 e. The summed E-state index contributed by atoms with van der Waals surface area (Å²) in [5, 5.41) is 0.0459. The molecule has 1 aromatic heterocycles. The molecule has 3 rings (SSSR count). The maximum Gasteiger partial charge on any atom is 0.228 e. The van der Waals surface area contributed by atoms with Gasteiger partial charge in [0.05, 0.1) is 10.6 Å². The van der Waals surface area contributed by atoms with E-state index in [0.717, 1.165) is 16.6 Å². The molecule has 96 valence electrons. The number of hydrogen-bond acceptors (Lipinski definition) is 2. The summed E-state index contributed by atoms with van der Waals surface area (Å²) in [5.74, 6) is -1.85. The largest absolute Gasteiger partial charge is 0.436 e. The van der Waals surface area contributed by atoms with Gasteiger partial charge in [-0.2, -0.15) is 0 Å². The van der Waals surface area contributed by atoms with Gasteiger partial charge in [0, 0.05) is 4.47 Å². The highest BCUT2D eigenvalue weighted by Gasteiger charge is 2.15. The van der Waals surface area contributed by atoms with E-state index >= 15 is 0 Å². The van der Waals surface area contributed by atoms with Crippen molar-refractivity contribution in [2.24, 2.45) is 0 Å². The average Bonchev–Trinajstić information content (AvgIpc) is 2.76. The van der Waals surface area contributed by atoms with Crippen molar-refractivity contribution in [1.82, 2.24) is 4.98 Å². The first-order valence-corrected chi connectivity index (χ1v) is 6.43. The number of hydrogen-bond donors (Lipinski definition) is 0. The highest BCUT2D eigenvalue weighted by Crippen LogP contribution is 2.32. The van der Waals surface area contributed by atoms with Crippen LogP contribution >= 0.6 is 27.5 Å². The molecular weight excluding hydrogens is 340 g/mol. The van der Waals surface area contributed by atoms with Gasteiger partial charge in [-0.1, -0.05) is 27.5 Å². The normalized spacial score (nSPS) is 11.2. The lowest BCUT2D eigenvalue weighted by Gasteiger charge is -2.00. The second-order valence-corrected chi connectivity index (χ2v) is 5.20. The summed E-state index contributed by atoms with van der Waals surface area (Å²) in [4.78, 5) is 4.21. The number of fused-ring (bicyclic) bond motifs is 1. The summed E-state index contributed by atoms with van der Waals surface area (Å²) >= 11 is 9.20. The monoisotopic (exact) mass is 343 g/mol. The molecule has 0 radical (unpaired) electrons. The van der Waals surface area contributed by atoms with Gasteiger partial charge < -0.3 is 4.42 Å². The maximum absolute atomic E-state index is 13.3. The Hall–Kier alpha value is -1.46. The Bertz CT molecular complexity index is 788. The highest BCUT2D eigenvalue weighted by atomic mass is 79.9. The summed E-state index contributed by atoms with van der Waals surface area (Å²) < 4.78 is 32.6. The fourth-order valence-corrected chi connectivity index (χ4v) is 2.28. The van der Waals surface area contributed by atoms with E-state index in [-0.39, 0.29) is 16.5 Å². The SMILES string of the molecule is Fc1cc(Cl)c(-c2nc3cc(Br)ccc3o2)cc1F. The zero-order valence-electron chi connectivity index (χ0n) is 9.25. The van der Waals surface area contributed by atoms with Crippen molar-refractivity contribution in [2.75, 3.05) is 0 Å². The number of rotatable bonds is 1. The van der Waals surface area contributed by atoms with Crippen LogP contribution in [-0.4, -0.2) is 4.98 Å². The van der Waals surface area contributed by atoms with Crippen LogP contribution in [0.2, 0.25) is 5.02 Å². The molecule has 3 aromatic rings. The molecule has 19 heavy (non-hydrogen) atoms. The molecule has 0 fully saturated rings. The molecule has 0 bridgehead atoms. The molecule has 1 heterocycles. The van der Waals surface area contributed by atoms with E-state index < -0.39 is 11.6 Å². The Morgan fingerprint density at radius 3 is 2.63 bits per heavy atom. The molecule has 2 nitrogen and oxygen atoms in total. The lowest BCUT2D eigenvalue weighted by Crippen LogP contribution is -1.87. The third-order valence-electron chi connectivity index (χ3n) is 2.59. The third kappa shape index (κ3) is 2.24. The molecule has 0 aliphatic rings. The summed E-state index contributed by atoms with van der Waals surface area (Å²) in [7, 11) is 0. The minimum absolute atomic E-state index is 0.0459. The van der Waals surface area contributed by atoms with Gasteiger partial charge in [-0.3, -0.25) is 0 Å². The van der Waals surface area contributed by atoms with Crippen LogP contribution in [-0.2, 0) is 0 Å². The third-order valence-corrected chi connectivity index (χ3v) is 3.40. The molecule has 0 atom stereocenters. The molecule has 0 saturated heterocycles. The van der Waals surface area contributed by atoms with Crippen LogP contribution in [0.5, 0.6) is 0 Å². The van der Waals surface area contributed by atoms with Crippen LogP contribution in [0.1, 0.15) is 0 Å². The van der Waals surface area contributed by atoms with Gasteiger partial charge in [0.2, 0.25) is 5.89 Å². The molecule has 0 spiro atoms. The number of aromatic nitrogens is 1. The molecule has 0 aliphatic heterocycles. The molecule has 0 aliphatic carbocycles. The topological polar surface area (TPSA) is 26.0 Å². The first kappa shape index (κ1) is 12.6. The van der Waals surface area contributed by atoms with E-state index in [4.69, 9.17) is 16.0 Å². The molecule has 2 aromatic carbocycles. The predicted octanol–water partition coefficient (Wildman–Crippen LogP) is 5.19. The van der Waals surface area contributed by atoms with Crippen molar-refractivity contribution in [3.8, 4) is 11.5 Å². The van der Waals surface area contributed by atoms with Gasteiger partial charge in [0.15, 0.2) is 17.2 Å². The smallest absolute Gasteiger partial charge is 0.228 e. The number of benzene rings is 2. The summed E-state index contributed by atoms with van der Waals surface area (Å²) in [6.07, 6.45) is 0. The number of nitrogens with zero attached hydrogens (tertiary/aromatic N) is 1. The van der Waals surface area contributed by atoms with Gasteiger partial charge >= 0.3 is 0 Å². The first-order chi connectivity index (χ1) is 9.04. The van der Waals surface area contributed by atoms with Crippen LogP contribution in [0.25, 0.3) is 22.6 Å². The standard InChI is InChI=1S/C13H5BrClF2NO/c14-6-1-2-12-11(3-6)18-13(19-12)7-4-9(16)10(17)5-8(7)15/h1-5H. The Kier molecular flexibility index (Phi) is 3.03. The van der Waals surface area contributed by atoms with Gasteiger partial charge in [-0.05, 0) is 30.3 Å². The first-order valence-electron chi connectivity index (χ1n) is 5.25. The van der Waals surface area contributed by atoms with E-state index in [0.29, 0.717) is 11.1 Å². The van der Waals surface area contributed by atoms with Gasteiger partial charge in [0.25, 0.3) is 0 Å². The van der Waals surface area contributed by atoms with E-state index in [9.17, 15) is 8.78 Å². The summed E-state index contributed by atoms with van der Waals surface area (Å²) in [6.45, 7) is 0. The van der Waals surface area contributed by atoms with E-state index in [1.54, 1.807) is 18.2 Å². The van der Waals surface area contributed by atoms with Crippen LogP contribution in [0.15, 0.2) is 39.2 Å². The molecule has 0 unspecified atom stereocenters. The molecule has 0 N–H and O–H groups in total. The van der Waals surface area contributed by atoms with Crippen molar-refractivity contribution >= 4 is 38.6 Å². The maximum atomic E-state index is 13.3. The van der Waals surface area contributed by atoms with E-state index in [2.05, 4.69) is 20.9 Å². The van der Waals surface area contributed by atoms with Crippen molar-refractivity contribution in [3.05, 3.63) is 51.5 Å². The lowest BCUT2D eigenvalue weighted by molar-refractivity contribution is 0.508. The highest BCUT2D eigenvalue weighted by molar-refractivity contribution is 9.10. The Balaban J connectivity index is 2.21. The molecule has 6 heteroatoms. The molecule has 0 saturated carbocycles. The van der Waals surface area contributed by atoms with Crippen molar-refractivity contribution in [3.63, 3.8) is 0 Å². The van der Waals surface area contributed by atoms with E-state index in [1.165, 1.54) is 0 Å². The number of halogens is 4.